The number of benzene rings is 1. The Kier molecular flexibility index (Phi) is 8.00. The normalized spacial score (nSPS) is 18.6. The number of hydrogen-bond acceptors (Lipinski definition) is 4. The summed E-state index contributed by atoms with van der Waals surface area (Å²) in [5.41, 5.74) is 1.30. The fraction of sp³-hybridized carbons (Fsp3) is 0.500. The Labute approximate surface area is 161 Å². The number of nitrogens with two attached hydrogens (primary N) is 1. The van der Waals surface area contributed by atoms with Crippen LogP contribution < -0.4 is 17.7 Å². The molecule has 1 aromatic carbocycles. The Bertz CT molecular complexity index is 670. The van der Waals surface area contributed by atoms with Crippen molar-refractivity contribution in [2.75, 3.05) is 6.54 Å². The predicted molar refractivity (Wildman–Crippen MR) is 94.8 cm³/mol. The number of halogens is 1. The van der Waals surface area contributed by atoms with Gasteiger partial charge in [0.1, 0.15) is 23.3 Å². The van der Waals surface area contributed by atoms with Crippen LogP contribution in [0.1, 0.15) is 52.2 Å². The van der Waals surface area contributed by atoms with Crippen LogP contribution in [0.2, 0.25) is 0 Å². The van der Waals surface area contributed by atoms with Crippen molar-refractivity contribution in [2.45, 2.75) is 58.3 Å². The number of cyclic esters (lactones) is 1. The average molecular weight is 382 g/mol. The number of aliphatic hydroxyl groups is 1. The van der Waals surface area contributed by atoms with E-state index >= 15 is 0 Å². The van der Waals surface area contributed by atoms with Gasteiger partial charge < -0.3 is 27.6 Å². The van der Waals surface area contributed by atoms with Crippen molar-refractivity contribution in [1.82, 2.24) is 0 Å². The fourth-order valence-electron chi connectivity index (χ4n) is 3.28. The minimum atomic E-state index is -0.599. The van der Waals surface area contributed by atoms with Crippen LogP contribution in [0.25, 0.3) is 0 Å². The van der Waals surface area contributed by atoms with Crippen molar-refractivity contribution in [2.24, 2.45) is 0 Å². The highest BCUT2D eigenvalue weighted by atomic mass is 35.5. The quantitative estimate of drug-likeness (QED) is 0.453. The lowest BCUT2D eigenvalue weighted by Gasteiger charge is -2.31. The molecule has 2 atom stereocenters. The second-order valence-corrected chi connectivity index (χ2v) is 7.39. The number of carbonyl (C=O) groups is 2. The predicted octanol–water partition coefficient (Wildman–Crippen LogP) is -1.32. The van der Waals surface area contributed by atoms with Crippen LogP contribution in [0.4, 0.5) is 0 Å². The molecule has 0 bridgehead atoms. The lowest BCUT2D eigenvalue weighted by molar-refractivity contribution is -0.693. The molecule has 0 fully saturated rings. The standard InChI is InChI=1S/C20H27NO4.ClH/c1-13-12-20(3,4)25-19(24)17(13)16(22)10-11-21-14(2)18(23)15-8-6-5-7-9-15;/h5-9,14,18,21,23H,10-12H2,1-4H3;1H. The summed E-state index contributed by atoms with van der Waals surface area (Å²) in [4.78, 5) is 24.5. The van der Waals surface area contributed by atoms with E-state index in [-0.39, 0.29) is 36.2 Å². The third-order valence-corrected chi connectivity index (χ3v) is 4.52. The van der Waals surface area contributed by atoms with E-state index in [0.717, 1.165) is 11.1 Å². The number of ketones is 1. The van der Waals surface area contributed by atoms with E-state index < -0.39 is 17.7 Å². The van der Waals surface area contributed by atoms with E-state index in [2.05, 4.69) is 0 Å². The first kappa shape index (κ1) is 22.4. The van der Waals surface area contributed by atoms with Crippen molar-refractivity contribution in [3.05, 3.63) is 47.0 Å². The second-order valence-electron chi connectivity index (χ2n) is 7.39. The van der Waals surface area contributed by atoms with Gasteiger partial charge in [-0.25, -0.2) is 4.79 Å². The monoisotopic (exact) mass is 381 g/mol. The van der Waals surface area contributed by atoms with Crippen molar-refractivity contribution in [3.63, 3.8) is 0 Å². The zero-order valence-electron chi connectivity index (χ0n) is 15.8. The number of aliphatic hydroxyl groups excluding tert-OH is 1. The van der Waals surface area contributed by atoms with Gasteiger partial charge in [-0.1, -0.05) is 35.9 Å². The molecule has 1 aromatic rings. The molecule has 2 unspecified atom stereocenters. The van der Waals surface area contributed by atoms with Crippen LogP contribution in [-0.2, 0) is 14.3 Å². The summed E-state index contributed by atoms with van der Waals surface area (Å²) in [6.45, 7) is 7.94. The molecule has 1 heterocycles. The van der Waals surface area contributed by atoms with Gasteiger partial charge in [0, 0.05) is 6.42 Å². The van der Waals surface area contributed by atoms with Crippen molar-refractivity contribution >= 4 is 11.8 Å². The van der Waals surface area contributed by atoms with Crippen LogP contribution in [-0.4, -0.2) is 35.0 Å². The maximum Gasteiger partial charge on any atom is 0.342 e. The molecule has 6 heteroatoms. The number of rotatable bonds is 7. The number of quaternary nitrogens is 1. The molecular weight excluding hydrogens is 354 g/mol. The highest BCUT2D eigenvalue weighted by Gasteiger charge is 2.35. The molecule has 2 rings (SSSR count). The molecule has 0 radical (unpaired) electrons. The summed E-state index contributed by atoms with van der Waals surface area (Å²) in [6.07, 6.45) is 0.221. The van der Waals surface area contributed by atoms with Crippen LogP contribution >= 0.6 is 0 Å². The first-order valence-corrected chi connectivity index (χ1v) is 8.74. The van der Waals surface area contributed by atoms with Crippen LogP contribution in [0.15, 0.2) is 41.5 Å². The van der Waals surface area contributed by atoms with Gasteiger partial charge in [0.25, 0.3) is 0 Å². The van der Waals surface area contributed by atoms with E-state index in [1.807, 2.05) is 63.3 Å². The van der Waals surface area contributed by atoms with E-state index in [9.17, 15) is 14.7 Å². The number of Topliss-reactive ketones (excluding diaryl/α,β-unsaturated/α-hetero) is 1. The number of carbonyl (C=O) groups excluding carboxylic acids is 2. The molecule has 0 aromatic heterocycles. The zero-order valence-corrected chi connectivity index (χ0v) is 16.5. The molecule has 0 amide bonds. The Morgan fingerprint density at radius 2 is 1.92 bits per heavy atom. The van der Waals surface area contributed by atoms with Gasteiger partial charge in [-0.3, -0.25) is 4.79 Å². The molecule has 3 N–H and O–H groups in total. The van der Waals surface area contributed by atoms with Crippen molar-refractivity contribution in [1.29, 1.82) is 0 Å². The molecule has 26 heavy (non-hydrogen) atoms. The van der Waals surface area contributed by atoms with Crippen LogP contribution in [0.3, 0.4) is 0 Å². The van der Waals surface area contributed by atoms with Crippen LogP contribution in [0, 0.1) is 0 Å². The summed E-state index contributed by atoms with van der Waals surface area (Å²) < 4.78 is 5.33. The number of ether oxygens (including phenoxy) is 1. The minimum absolute atomic E-state index is 0. The van der Waals surface area contributed by atoms with Gasteiger partial charge in [0.05, 0.1) is 13.0 Å². The highest BCUT2D eigenvalue weighted by Crippen LogP contribution is 2.29. The Hall–Kier alpha value is -1.69. The maximum atomic E-state index is 12.4. The SMILES string of the molecule is CC1=C(C(=O)CC[NH2+]C(C)C(O)c2ccccc2)C(=O)OC(C)(C)C1.[Cl-]. The molecule has 0 saturated carbocycles. The maximum absolute atomic E-state index is 12.4. The van der Waals surface area contributed by atoms with E-state index in [4.69, 9.17) is 4.74 Å². The molecule has 1 aliphatic rings. The van der Waals surface area contributed by atoms with Gasteiger partial charge >= 0.3 is 5.97 Å². The smallest absolute Gasteiger partial charge is 0.342 e. The number of hydrogen-bond donors (Lipinski definition) is 2. The summed E-state index contributed by atoms with van der Waals surface area (Å²) in [5.74, 6) is -0.702. The molecule has 0 aliphatic carbocycles. The Morgan fingerprint density at radius 1 is 1.31 bits per heavy atom. The lowest BCUT2D eigenvalue weighted by atomic mass is 9.90. The van der Waals surface area contributed by atoms with E-state index in [0.29, 0.717) is 13.0 Å². The second kappa shape index (κ2) is 9.31. The summed E-state index contributed by atoms with van der Waals surface area (Å²) >= 11 is 0. The molecule has 0 saturated heterocycles. The van der Waals surface area contributed by atoms with Gasteiger partial charge in [-0.15, -0.1) is 0 Å². The average Bonchev–Trinajstić information content (AvgIpc) is 2.53. The molecule has 144 valence electrons. The third-order valence-electron chi connectivity index (χ3n) is 4.52. The Balaban J connectivity index is 0.00000338. The van der Waals surface area contributed by atoms with E-state index in [1.165, 1.54) is 0 Å². The zero-order chi connectivity index (χ0) is 18.6. The van der Waals surface area contributed by atoms with Gasteiger partial charge in [0.2, 0.25) is 0 Å². The van der Waals surface area contributed by atoms with Crippen molar-refractivity contribution in [3.8, 4) is 0 Å². The summed E-state index contributed by atoms with van der Waals surface area (Å²) in [5, 5.41) is 12.3. The molecule has 1 aliphatic heterocycles. The van der Waals surface area contributed by atoms with Gasteiger partial charge in [0.15, 0.2) is 5.78 Å². The first-order chi connectivity index (χ1) is 11.7. The lowest BCUT2D eigenvalue weighted by Crippen LogP contribution is -3.00. The largest absolute Gasteiger partial charge is 1.00 e. The summed E-state index contributed by atoms with van der Waals surface area (Å²) in [7, 11) is 0. The topological polar surface area (TPSA) is 80.2 Å². The fourth-order valence-corrected chi connectivity index (χ4v) is 3.28. The highest BCUT2D eigenvalue weighted by molar-refractivity contribution is 6.18. The first-order valence-electron chi connectivity index (χ1n) is 8.74. The van der Waals surface area contributed by atoms with E-state index in [1.54, 1.807) is 0 Å². The van der Waals surface area contributed by atoms with Crippen molar-refractivity contribution < 1.29 is 37.2 Å². The minimum Gasteiger partial charge on any atom is -1.00 e. The molecule has 0 spiro atoms. The number of esters is 1. The Morgan fingerprint density at radius 3 is 2.50 bits per heavy atom. The third kappa shape index (κ3) is 5.66. The molecular formula is C20H28ClNO4. The molecule has 5 nitrogen and oxygen atoms in total. The summed E-state index contributed by atoms with van der Waals surface area (Å²) in [6, 6.07) is 9.37. The van der Waals surface area contributed by atoms with Gasteiger partial charge in [-0.05, 0) is 33.3 Å². The van der Waals surface area contributed by atoms with Gasteiger partial charge in [-0.2, -0.15) is 0 Å². The van der Waals surface area contributed by atoms with Crippen LogP contribution in [0.5, 0.6) is 0 Å².